The molecular weight excluding hydrogens is 416 g/mol. The monoisotopic (exact) mass is 444 g/mol. The van der Waals surface area contributed by atoms with E-state index in [0.717, 1.165) is 6.42 Å². The van der Waals surface area contributed by atoms with Crippen molar-refractivity contribution in [1.82, 2.24) is 20.9 Å². The second kappa shape index (κ2) is 11.2. The first-order valence-electron chi connectivity index (χ1n) is 9.94. The van der Waals surface area contributed by atoms with E-state index in [1.165, 1.54) is 4.90 Å². The van der Waals surface area contributed by atoms with Gasteiger partial charge in [0.05, 0.1) is 6.04 Å². The van der Waals surface area contributed by atoms with Crippen molar-refractivity contribution in [3.63, 3.8) is 0 Å². The quantitative estimate of drug-likeness (QED) is 0.223. The third-order valence-corrected chi connectivity index (χ3v) is 5.64. The van der Waals surface area contributed by atoms with Crippen LogP contribution in [0.15, 0.2) is 0 Å². The van der Waals surface area contributed by atoms with Crippen molar-refractivity contribution in [3.05, 3.63) is 0 Å². The molecule has 0 aromatic heterocycles. The summed E-state index contributed by atoms with van der Waals surface area (Å²) in [5.74, 6) is -3.98. The maximum absolute atomic E-state index is 12.8. The minimum atomic E-state index is -1.14. The van der Waals surface area contributed by atoms with E-state index in [4.69, 9.17) is 5.11 Å². The van der Waals surface area contributed by atoms with Crippen LogP contribution in [0.25, 0.3) is 0 Å². The van der Waals surface area contributed by atoms with Crippen LogP contribution in [0.2, 0.25) is 0 Å². The van der Waals surface area contributed by atoms with Gasteiger partial charge in [-0.2, -0.15) is 12.6 Å². The topological polar surface area (TPSA) is 165 Å². The lowest BCUT2D eigenvalue weighted by Gasteiger charge is -2.28. The van der Waals surface area contributed by atoms with E-state index in [9.17, 15) is 29.1 Å². The molecule has 0 radical (unpaired) electrons. The van der Waals surface area contributed by atoms with Gasteiger partial charge in [0, 0.05) is 18.7 Å². The minimum absolute atomic E-state index is 0.0722. The summed E-state index contributed by atoms with van der Waals surface area (Å²) in [6.07, 6.45) is 1.82. The Hall–Kier alpha value is -2.34. The molecule has 2 fully saturated rings. The number of nitrogens with zero attached hydrogens (tertiary/aromatic N) is 1. The predicted molar refractivity (Wildman–Crippen MR) is 108 cm³/mol. The molecule has 30 heavy (non-hydrogen) atoms. The molecule has 11 nitrogen and oxygen atoms in total. The van der Waals surface area contributed by atoms with Gasteiger partial charge in [0.25, 0.3) is 0 Å². The van der Waals surface area contributed by atoms with Crippen molar-refractivity contribution in [1.29, 1.82) is 0 Å². The molecular formula is C18H28N4O7S. The van der Waals surface area contributed by atoms with Gasteiger partial charge in [-0.15, -0.1) is 0 Å². The van der Waals surface area contributed by atoms with E-state index in [0.29, 0.717) is 25.8 Å². The van der Waals surface area contributed by atoms with E-state index < -0.39 is 53.8 Å². The van der Waals surface area contributed by atoms with Gasteiger partial charge in [-0.1, -0.05) is 0 Å². The van der Waals surface area contributed by atoms with Crippen molar-refractivity contribution in [2.24, 2.45) is 0 Å². The van der Waals surface area contributed by atoms with Crippen LogP contribution >= 0.6 is 12.6 Å². The molecule has 3 amide bonds. The van der Waals surface area contributed by atoms with Gasteiger partial charge in [-0.05, 0) is 38.6 Å². The predicted octanol–water partition coefficient (Wildman–Crippen LogP) is -1.42. The van der Waals surface area contributed by atoms with E-state index in [1.807, 2.05) is 0 Å². The number of thiol groups is 1. The molecule has 2 saturated heterocycles. The Kier molecular flexibility index (Phi) is 8.90. The zero-order valence-corrected chi connectivity index (χ0v) is 17.4. The summed E-state index contributed by atoms with van der Waals surface area (Å²) in [6.45, 7) is 0.948. The third-order valence-electron chi connectivity index (χ3n) is 5.27. The molecule has 168 valence electrons. The number of hydrogen-bond acceptors (Lipinski definition) is 7. The van der Waals surface area contributed by atoms with Crippen LogP contribution in [0, 0.1) is 0 Å². The zero-order valence-electron chi connectivity index (χ0n) is 16.5. The minimum Gasteiger partial charge on any atom is -0.481 e. The second-order valence-electron chi connectivity index (χ2n) is 7.41. The summed E-state index contributed by atoms with van der Waals surface area (Å²) in [5, 5.41) is 26.3. The van der Waals surface area contributed by atoms with Crippen LogP contribution in [-0.2, 0) is 24.0 Å². The van der Waals surface area contributed by atoms with Crippen molar-refractivity contribution in [2.45, 2.75) is 62.7 Å². The average Bonchev–Trinajstić information content (AvgIpc) is 3.40. The van der Waals surface area contributed by atoms with Crippen molar-refractivity contribution in [2.75, 3.05) is 18.8 Å². The molecule has 12 heteroatoms. The number of carboxylic acids is 2. The second-order valence-corrected chi connectivity index (χ2v) is 7.78. The number of carboxylic acid groups (broad SMARTS) is 2. The third kappa shape index (κ3) is 6.33. The fourth-order valence-corrected chi connectivity index (χ4v) is 3.91. The van der Waals surface area contributed by atoms with Crippen LogP contribution in [0.4, 0.5) is 0 Å². The van der Waals surface area contributed by atoms with E-state index in [-0.39, 0.29) is 25.1 Å². The summed E-state index contributed by atoms with van der Waals surface area (Å²) >= 11 is 4.10. The normalized spacial score (nSPS) is 22.9. The molecule has 2 rings (SSSR count). The molecule has 0 spiro atoms. The molecule has 0 aliphatic carbocycles. The Labute approximate surface area is 179 Å². The summed E-state index contributed by atoms with van der Waals surface area (Å²) in [7, 11) is 0. The number of hydrogen-bond donors (Lipinski definition) is 6. The molecule has 0 aromatic rings. The van der Waals surface area contributed by atoms with Crippen LogP contribution in [-0.4, -0.2) is 87.8 Å². The van der Waals surface area contributed by atoms with Gasteiger partial charge < -0.3 is 31.1 Å². The molecule has 2 aliphatic heterocycles. The fourth-order valence-electron chi connectivity index (χ4n) is 3.66. The van der Waals surface area contributed by atoms with Gasteiger partial charge >= 0.3 is 11.9 Å². The lowest BCUT2D eigenvalue weighted by molar-refractivity contribution is -0.149. The van der Waals surface area contributed by atoms with Gasteiger partial charge in [-0.25, -0.2) is 4.79 Å². The van der Waals surface area contributed by atoms with Gasteiger partial charge in [0.1, 0.15) is 18.1 Å². The molecule has 4 atom stereocenters. The number of carbonyl (C=O) groups excluding carboxylic acids is 3. The Bertz CT molecular complexity index is 683. The highest BCUT2D eigenvalue weighted by Gasteiger charge is 2.38. The lowest BCUT2D eigenvalue weighted by atomic mass is 10.1. The standard InChI is InChI=1S/C18H28N4O7S/c23-14(24)6-5-11(20-15(25)10-3-1-7-19-10)16(26)21-12(9-30)17(27)22-8-2-4-13(22)18(28)29/h10-13,19,30H,1-9H2,(H,20,25)(H,21,26)(H,23,24)(H,28,29). The number of rotatable bonds is 10. The van der Waals surface area contributed by atoms with Crippen LogP contribution in [0.1, 0.15) is 38.5 Å². The van der Waals surface area contributed by atoms with Crippen LogP contribution < -0.4 is 16.0 Å². The maximum Gasteiger partial charge on any atom is 0.326 e. The maximum atomic E-state index is 12.8. The molecule has 0 aromatic carbocycles. The average molecular weight is 445 g/mol. The molecule has 0 saturated carbocycles. The Balaban J connectivity index is 2.04. The summed E-state index contributed by atoms with van der Waals surface area (Å²) in [4.78, 5) is 61.4. The Morgan fingerprint density at radius 1 is 1.07 bits per heavy atom. The Morgan fingerprint density at radius 3 is 2.37 bits per heavy atom. The van der Waals surface area contributed by atoms with Crippen molar-refractivity contribution < 1.29 is 34.2 Å². The highest BCUT2D eigenvalue weighted by molar-refractivity contribution is 7.80. The lowest BCUT2D eigenvalue weighted by Crippen LogP contribution is -2.57. The molecule has 2 heterocycles. The first kappa shape index (κ1) is 23.9. The van der Waals surface area contributed by atoms with E-state index >= 15 is 0 Å². The number of amides is 3. The smallest absolute Gasteiger partial charge is 0.326 e. The molecule has 0 bridgehead atoms. The molecule has 4 unspecified atom stereocenters. The first-order valence-corrected chi connectivity index (χ1v) is 10.6. The summed E-state index contributed by atoms with van der Waals surface area (Å²) in [5.41, 5.74) is 0. The SMILES string of the molecule is O=C(O)CCC(NC(=O)C1CCCN1)C(=O)NC(CS)C(=O)N1CCCC1C(=O)O. The highest BCUT2D eigenvalue weighted by atomic mass is 32.1. The van der Waals surface area contributed by atoms with Gasteiger partial charge in [0.15, 0.2) is 0 Å². The van der Waals surface area contributed by atoms with E-state index in [2.05, 4.69) is 28.6 Å². The van der Waals surface area contributed by atoms with Crippen LogP contribution in [0.5, 0.6) is 0 Å². The molecule has 2 aliphatic rings. The summed E-state index contributed by atoms with van der Waals surface area (Å²) < 4.78 is 0. The van der Waals surface area contributed by atoms with E-state index in [1.54, 1.807) is 0 Å². The van der Waals surface area contributed by atoms with Crippen molar-refractivity contribution >= 4 is 42.3 Å². The molecule has 5 N–H and O–H groups in total. The van der Waals surface area contributed by atoms with Crippen molar-refractivity contribution in [3.8, 4) is 0 Å². The highest BCUT2D eigenvalue weighted by Crippen LogP contribution is 2.19. The number of carbonyl (C=O) groups is 5. The fraction of sp³-hybridized carbons (Fsp3) is 0.722. The largest absolute Gasteiger partial charge is 0.481 e. The van der Waals surface area contributed by atoms with Crippen LogP contribution in [0.3, 0.4) is 0 Å². The van der Waals surface area contributed by atoms with Gasteiger partial charge in [0.2, 0.25) is 17.7 Å². The first-order chi connectivity index (χ1) is 14.2. The number of nitrogens with one attached hydrogen (secondary N) is 3. The summed E-state index contributed by atoms with van der Waals surface area (Å²) in [6, 6.07) is -3.63. The number of likely N-dealkylation sites (tertiary alicyclic amines) is 1. The number of aliphatic carboxylic acids is 2. The van der Waals surface area contributed by atoms with Gasteiger partial charge in [-0.3, -0.25) is 19.2 Å². The Morgan fingerprint density at radius 2 is 1.80 bits per heavy atom. The zero-order chi connectivity index (χ0) is 22.3.